The van der Waals surface area contributed by atoms with Crippen molar-refractivity contribution in [3.8, 4) is 5.75 Å². The number of benzene rings is 1. The van der Waals surface area contributed by atoms with Crippen LogP contribution in [-0.2, 0) is 0 Å². The molecule has 0 fully saturated rings. The van der Waals surface area contributed by atoms with Crippen LogP contribution in [0.15, 0.2) is 18.2 Å². The lowest BCUT2D eigenvalue weighted by molar-refractivity contribution is 0.415. The molecule has 0 amide bonds. The number of aryl methyl sites for hydroxylation is 1. The van der Waals surface area contributed by atoms with Gasteiger partial charge < -0.3 is 9.72 Å². The minimum absolute atomic E-state index is 0.865. The molecule has 76 valence electrons. The number of H-pyrrole nitrogens is 2. The fourth-order valence-corrected chi connectivity index (χ4v) is 1.94. The van der Waals surface area contributed by atoms with Gasteiger partial charge in [0.1, 0.15) is 5.75 Å². The molecule has 15 heavy (non-hydrogen) atoms. The number of aromatic nitrogens is 3. The number of rotatable bonds is 1. The Kier molecular flexibility index (Phi) is 1.54. The van der Waals surface area contributed by atoms with Gasteiger partial charge in [-0.25, -0.2) is 0 Å². The molecule has 0 aliphatic carbocycles. The minimum atomic E-state index is 0.865. The number of hydrogen-bond acceptors (Lipinski definition) is 2. The first kappa shape index (κ1) is 8.35. The van der Waals surface area contributed by atoms with E-state index in [4.69, 9.17) is 4.74 Å². The molecule has 0 radical (unpaired) electrons. The Hall–Kier alpha value is -1.97. The highest BCUT2D eigenvalue weighted by Crippen LogP contribution is 2.29. The van der Waals surface area contributed by atoms with E-state index in [0.29, 0.717) is 0 Å². The molecule has 0 saturated heterocycles. The third-order valence-electron chi connectivity index (χ3n) is 2.70. The fourth-order valence-electron chi connectivity index (χ4n) is 1.94. The first-order valence-electron chi connectivity index (χ1n) is 4.80. The van der Waals surface area contributed by atoms with Gasteiger partial charge in [0.2, 0.25) is 0 Å². The SMILES string of the molecule is COc1ccc2[nH]c3n[nH]c(C)c3c2c1. The van der Waals surface area contributed by atoms with Crippen molar-refractivity contribution in [3.63, 3.8) is 0 Å². The number of nitrogens with zero attached hydrogens (tertiary/aromatic N) is 1. The van der Waals surface area contributed by atoms with Crippen molar-refractivity contribution in [2.24, 2.45) is 0 Å². The second-order valence-corrected chi connectivity index (χ2v) is 3.61. The van der Waals surface area contributed by atoms with Crippen LogP contribution in [0.5, 0.6) is 5.75 Å². The highest BCUT2D eigenvalue weighted by molar-refractivity contribution is 6.07. The predicted octanol–water partition coefficient (Wildman–Crippen LogP) is 2.36. The highest BCUT2D eigenvalue weighted by Gasteiger charge is 2.09. The Balaban J connectivity index is 2.48. The summed E-state index contributed by atoms with van der Waals surface area (Å²) in [4.78, 5) is 3.25. The van der Waals surface area contributed by atoms with Gasteiger partial charge in [-0.2, -0.15) is 5.10 Å². The molecular formula is C11H11N3O. The number of ether oxygens (including phenoxy) is 1. The van der Waals surface area contributed by atoms with E-state index in [9.17, 15) is 0 Å². The van der Waals surface area contributed by atoms with Gasteiger partial charge in [-0.05, 0) is 25.1 Å². The average molecular weight is 201 g/mol. The largest absolute Gasteiger partial charge is 0.497 e. The van der Waals surface area contributed by atoms with Gasteiger partial charge >= 0.3 is 0 Å². The maximum absolute atomic E-state index is 5.21. The summed E-state index contributed by atoms with van der Waals surface area (Å²) >= 11 is 0. The van der Waals surface area contributed by atoms with Crippen LogP contribution in [0.4, 0.5) is 0 Å². The molecule has 0 aliphatic rings. The topological polar surface area (TPSA) is 53.7 Å². The van der Waals surface area contributed by atoms with E-state index in [1.54, 1.807) is 7.11 Å². The molecule has 0 unspecified atom stereocenters. The van der Waals surface area contributed by atoms with Crippen LogP contribution in [0, 0.1) is 6.92 Å². The highest BCUT2D eigenvalue weighted by atomic mass is 16.5. The molecule has 1 aromatic carbocycles. The Bertz CT molecular complexity index is 636. The smallest absolute Gasteiger partial charge is 0.160 e. The molecular weight excluding hydrogens is 190 g/mol. The minimum Gasteiger partial charge on any atom is -0.497 e. The van der Waals surface area contributed by atoms with Crippen LogP contribution in [0.25, 0.3) is 21.9 Å². The third-order valence-corrected chi connectivity index (χ3v) is 2.70. The second kappa shape index (κ2) is 2.76. The monoisotopic (exact) mass is 201 g/mol. The number of hydrogen-bond donors (Lipinski definition) is 2. The zero-order chi connectivity index (χ0) is 10.4. The molecule has 4 heteroatoms. The summed E-state index contributed by atoms with van der Waals surface area (Å²) < 4.78 is 5.21. The van der Waals surface area contributed by atoms with E-state index in [0.717, 1.165) is 33.4 Å². The lowest BCUT2D eigenvalue weighted by atomic mass is 10.2. The maximum atomic E-state index is 5.21. The van der Waals surface area contributed by atoms with Gasteiger partial charge in [-0.3, -0.25) is 5.10 Å². The third kappa shape index (κ3) is 1.05. The predicted molar refractivity (Wildman–Crippen MR) is 59.2 cm³/mol. The van der Waals surface area contributed by atoms with Gasteiger partial charge in [-0.15, -0.1) is 0 Å². The molecule has 0 atom stereocenters. The van der Waals surface area contributed by atoms with Crippen LogP contribution >= 0.6 is 0 Å². The normalized spacial score (nSPS) is 11.3. The number of fused-ring (bicyclic) bond motifs is 3. The van der Waals surface area contributed by atoms with Crippen molar-refractivity contribution in [2.75, 3.05) is 7.11 Å². The molecule has 3 aromatic rings. The van der Waals surface area contributed by atoms with Crippen molar-refractivity contribution in [2.45, 2.75) is 6.92 Å². The van der Waals surface area contributed by atoms with Crippen LogP contribution in [0.1, 0.15) is 5.69 Å². The van der Waals surface area contributed by atoms with Crippen molar-refractivity contribution in [1.82, 2.24) is 15.2 Å². The van der Waals surface area contributed by atoms with Crippen molar-refractivity contribution < 1.29 is 4.74 Å². The molecule has 4 nitrogen and oxygen atoms in total. The van der Waals surface area contributed by atoms with Crippen LogP contribution in [0.3, 0.4) is 0 Å². The summed E-state index contributed by atoms with van der Waals surface area (Å²) in [7, 11) is 1.67. The van der Waals surface area contributed by atoms with Crippen molar-refractivity contribution in [3.05, 3.63) is 23.9 Å². The fraction of sp³-hybridized carbons (Fsp3) is 0.182. The number of methoxy groups -OCH3 is 1. The summed E-state index contributed by atoms with van der Waals surface area (Å²) in [6, 6.07) is 5.97. The summed E-state index contributed by atoms with van der Waals surface area (Å²) in [6.45, 7) is 2.02. The van der Waals surface area contributed by atoms with E-state index < -0.39 is 0 Å². The summed E-state index contributed by atoms with van der Waals surface area (Å²) in [5.41, 5.74) is 3.06. The van der Waals surface area contributed by atoms with Gasteiger partial charge in [-0.1, -0.05) is 0 Å². The quantitative estimate of drug-likeness (QED) is 0.635. The van der Waals surface area contributed by atoms with Gasteiger partial charge in [0, 0.05) is 22.0 Å². The summed E-state index contributed by atoms with van der Waals surface area (Å²) in [6.07, 6.45) is 0. The molecule has 0 saturated carbocycles. The molecule has 0 aliphatic heterocycles. The first-order chi connectivity index (χ1) is 7.29. The Morgan fingerprint density at radius 2 is 2.20 bits per heavy atom. The van der Waals surface area contributed by atoms with Crippen LogP contribution < -0.4 is 4.74 Å². The number of aromatic amines is 2. The lowest BCUT2D eigenvalue weighted by Gasteiger charge is -1.98. The van der Waals surface area contributed by atoms with Crippen LogP contribution in [0.2, 0.25) is 0 Å². The lowest BCUT2D eigenvalue weighted by Crippen LogP contribution is -1.81. The van der Waals surface area contributed by atoms with E-state index in [2.05, 4.69) is 15.2 Å². The molecule has 2 aromatic heterocycles. The summed E-state index contributed by atoms with van der Waals surface area (Å²) in [5.74, 6) is 0.865. The van der Waals surface area contributed by atoms with E-state index in [1.165, 1.54) is 0 Å². The Labute approximate surface area is 86.2 Å². The van der Waals surface area contributed by atoms with E-state index in [1.807, 2.05) is 25.1 Å². The van der Waals surface area contributed by atoms with E-state index >= 15 is 0 Å². The van der Waals surface area contributed by atoms with Crippen molar-refractivity contribution in [1.29, 1.82) is 0 Å². The van der Waals surface area contributed by atoms with E-state index in [-0.39, 0.29) is 0 Å². The standard InChI is InChI=1S/C11H11N3O/c1-6-10-8-5-7(15-2)3-4-9(8)12-11(10)14-13-6/h3-5H,1-2H3,(H2,12,13,14). The molecule has 3 rings (SSSR count). The van der Waals surface area contributed by atoms with Gasteiger partial charge in [0.25, 0.3) is 0 Å². The molecule has 2 N–H and O–H groups in total. The Morgan fingerprint density at radius 3 is 3.00 bits per heavy atom. The maximum Gasteiger partial charge on any atom is 0.160 e. The zero-order valence-corrected chi connectivity index (χ0v) is 8.59. The average Bonchev–Trinajstić information content (AvgIpc) is 2.78. The number of nitrogens with one attached hydrogen (secondary N) is 2. The zero-order valence-electron chi connectivity index (χ0n) is 8.59. The second-order valence-electron chi connectivity index (χ2n) is 3.61. The molecule has 0 bridgehead atoms. The van der Waals surface area contributed by atoms with Gasteiger partial charge in [0.15, 0.2) is 5.65 Å². The molecule has 2 heterocycles. The summed E-state index contributed by atoms with van der Waals surface area (Å²) in [5, 5.41) is 9.44. The first-order valence-corrected chi connectivity index (χ1v) is 4.80. The Morgan fingerprint density at radius 1 is 1.33 bits per heavy atom. The van der Waals surface area contributed by atoms with Crippen molar-refractivity contribution >= 4 is 21.9 Å². The van der Waals surface area contributed by atoms with Crippen LogP contribution in [-0.4, -0.2) is 22.3 Å². The molecule has 0 spiro atoms. The van der Waals surface area contributed by atoms with Gasteiger partial charge in [0.05, 0.1) is 7.11 Å².